The van der Waals surface area contributed by atoms with Crippen LogP contribution in [0.5, 0.6) is 0 Å². The van der Waals surface area contributed by atoms with Crippen LogP contribution < -0.4 is 9.79 Å². The van der Waals surface area contributed by atoms with Gasteiger partial charge in [0.2, 0.25) is 5.91 Å². The lowest BCUT2D eigenvalue weighted by atomic mass is 9.96. The first kappa shape index (κ1) is 29.2. The molecule has 3 aromatic carbocycles. The van der Waals surface area contributed by atoms with Crippen LogP contribution in [0, 0.1) is 17.5 Å². The van der Waals surface area contributed by atoms with Crippen LogP contribution in [0.4, 0.5) is 18.9 Å². The summed E-state index contributed by atoms with van der Waals surface area (Å²) >= 11 is 5.91. The van der Waals surface area contributed by atoms with Gasteiger partial charge in [-0.3, -0.25) is 13.9 Å². The fourth-order valence-electron chi connectivity index (χ4n) is 3.92. The molecule has 0 aliphatic carbocycles. The van der Waals surface area contributed by atoms with Gasteiger partial charge in [-0.05, 0) is 79.4 Å². The highest BCUT2D eigenvalue weighted by Crippen LogP contribution is 2.37. The Hall–Kier alpha value is -3.34. The van der Waals surface area contributed by atoms with Gasteiger partial charge in [-0.1, -0.05) is 23.7 Å². The van der Waals surface area contributed by atoms with Gasteiger partial charge in [-0.25, -0.2) is 27.1 Å². The van der Waals surface area contributed by atoms with Crippen molar-refractivity contribution >= 4 is 33.2 Å². The van der Waals surface area contributed by atoms with Crippen LogP contribution in [-0.4, -0.2) is 20.9 Å². The highest BCUT2D eigenvalue weighted by atomic mass is 35.5. The number of nitrogens with one attached hydrogen (secondary N) is 1. The van der Waals surface area contributed by atoms with E-state index < -0.39 is 45.1 Å². The Morgan fingerprint density at radius 1 is 1.08 bits per heavy atom. The third kappa shape index (κ3) is 7.15. The van der Waals surface area contributed by atoms with Crippen molar-refractivity contribution in [3.63, 3.8) is 0 Å². The second-order valence-electron chi connectivity index (χ2n) is 8.35. The molecule has 202 valence electrons. The van der Waals surface area contributed by atoms with Gasteiger partial charge in [0.25, 0.3) is 10.0 Å². The van der Waals surface area contributed by atoms with Gasteiger partial charge in [-0.2, -0.15) is 0 Å². The monoisotopic (exact) mass is 566 g/mol. The maximum Gasteiger partial charge on any atom is 0.264 e. The molecule has 0 fully saturated rings. The van der Waals surface area contributed by atoms with Gasteiger partial charge in [0.1, 0.15) is 17.5 Å². The summed E-state index contributed by atoms with van der Waals surface area (Å²) in [5.74, 6) is -2.77. The largest absolute Gasteiger partial charge is 0.273 e. The molecule has 0 heterocycles. The van der Waals surface area contributed by atoms with Crippen LogP contribution in [0.25, 0.3) is 0 Å². The van der Waals surface area contributed by atoms with Gasteiger partial charge in [0.15, 0.2) is 0 Å². The third-order valence-corrected chi connectivity index (χ3v) is 7.81. The lowest BCUT2D eigenvalue weighted by Gasteiger charge is -2.32. The molecule has 1 N–H and O–H groups in total. The van der Waals surface area contributed by atoms with Crippen molar-refractivity contribution in [1.82, 2.24) is 5.48 Å². The number of hydrogen-bond donors (Lipinski definition) is 1. The Balaban J connectivity index is 2.01. The van der Waals surface area contributed by atoms with E-state index in [0.29, 0.717) is 16.1 Å². The van der Waals surface area contributed by atoms with Crippen molar-refractivity contribution in [2.75, 3.05) is 10.9 Å². The van der Waals surface area contributed by atoms with Gasteiger partial charge in [0.05, 0.1) is 23.2 Å². The molecule has 0 bridgehead atoms. The first-order chi connectivity index (χ1) is 18.0. The second-order valence-corrected chi connectivity index (χ2v) is 10.6. The summed E-state index contributed by atoms with van der Waals surface area (Å²) < 4.78 is 71.7. The first-order valence-corrected chi connectivity index (χ1v) is 13.4. The summed E-state index contributed by atoms with van der Waals surface area (Å²) in [6.07, 6.45) is 2.00. The molecule has 0 aromatic heterocycles. The first-order valence-electron chi connectivity index (χ1n) is 11.6. The van der Waals surface area contributed by atoms with Gasteiger partial charge < -0.3 is 0 Å². The number of carbonyl (C=O) groups excluding carboxylic acids is 1. The SMILES string of the molecule is C=CCONC(=O)CCCc1cc(F)ccc1[C@@H](C)N(c1cc(F)ccc1F)S(=O)(=O)c1ccc(Cl)cc1. The Kier molecular flexibility index (Phi) is 9.96. The number of benzene rings is 3. The molecule has 11 heteroatoms. The molecule has 0 aliphatic heterocycles. The Morgan fingerprint density at radius 3 is 2.42 bits per heavy atom. The van der Waals surface area contributed by atoms with Gasteiger partial charge >= 0.3 is 0 Å². The maximum absolute atomic E-state index is 15.0. The van der Waals surface area contributed by atoms with Crippen LogP contribution >= 0.6 is 11.6 Å². The molecule has 0 saturated carbocycles. The van der Waals surface area contributed by atoms with Crippen LogP contribution in [0.3, 0.4) is 0 Å². The summed E-state index contributed by atoms with van der Waals surface area (Å²) in [4.78, 5) is 16.6. The molecule has 3 rings (SSSR count). The average molecular weight is 567 g/mol. The molecule has 0 spiro atoms. The van der Waals surface area contributed by atoms with E-state index in [1.807, 2.05) is 0 Å². The van der Waals surface area contributed by atoms with Crippen LogP contribution in [0.1, 0.15) is 36.9 Å². The fourth-order valence-corrected chi connectivity index (χ4v) is 5.68. The van der Waals surface area contributed by atoms with Crippen molar-refractivity contribution in [3.05, 3.63) is 107 Å². The molecular formula is C27H26ClF3N2O4S. The molecule has 0 aliphatic rings. The van der Waals surface area contributed by atoms with E-state index in [-0.39, 0.29) is 30.8 Å². The summed E-state index contributed by atoms with van der Waals surface area (Å²) in [6, 6.07) is 10.4. The van der Waals surface area contributed by atoms with E-state index in [4.69, 9.17) is 16.4 Å². The van der Waals surface area contributed by atoms with Gasteiger partial charge in [-0.15, -0.1) is 6.58 Å². The van der Waals surface area contributed by atoms with Crippen LogP contribution in [-0.2, 0) is 26.1 Å². The molecule has 1 amide bonds. The molecule has 3 aromatic rings. The van der Waals surface area contributed by atoms with Crippen LogP contribution in [0.15, 0.2) is 78.2 Å². The minimum absolute atomic E-state index is 0.0484. The van der Waals surface area contributed by atoms with E-state index in [0.717, 1.165) is 28.6 Å². The summed E-state index contributed by atoms with van der Waals surface area (Å²) in [7, 11) is -4.45. The van der Waals surface area contributed by atoms with Gasteiger partial charge in [0, 0.05) is 17.5 Å². The van der Waals surface area contributed by atoms with E-state index in [9.17, 15) is 26.4 Å². The number of anilines is 1. The molecule has 38 heavy (non-hydrogen) atoms. The molecule has 0 unspecified atom stereocenters. The highest BCUT2D eigenvalue weighted by molar-refractivity contribution is 7.92. The number of aryl methyl sites for hydroxylation is 1. The lowest BCUT2D eigenvalue weighted by molar-refractivity contribution is -0.132. The number of rotatable bonds is 12. The van der Waals surface area contributed by atoms with E-state index >= 15 is 0 Å². The summed E-state index contributed by atoms with van der Waals surface area (Å²) in [5.41, 5.74) is 2.51. The average Bonchev–Trinajstić information content (AvgIpc) is 2.86. The summed E-state index contributed by atoms with van der Waals surface area (Å²) in [6.45, 7) is 5.09. The lowest BCUT2D eigenvalue weighted by Crippen LogP contribution is -2.35. The highest BCUT2D eigenvalue weighted by Gasteiger charge is 2.33. The van der Waals surface area contributed by atoms with E-state index in [1.54, 1.807) is 0 Å². The maximum atomic E-state index is 15.0. The predicted molar refractivity (Wildman–Crippen MR) is 140 cm³/mol. The Labute approximate surface area is 224 Å². The van der Waals surface area contributed by atoms with E-state index in [2.05, 4.69) is 12.1 Å². The Morgan fingerprint density at radius 2 is 1.74 bits per heavy atom. The Bertz CT molecular complexity index is 1400. The minimum Gasteiger partial charge on any atom is -0.273 e. The van der Waals surface area contributed by atoms with Crippen molar-refractivity contribution in [2.45, 2.75) is 37.1 Å². The van der Waals surface area contributed by atoms with Crippen molar-refractivity contribution in [1.29, 1.82) is 0 Å². The number of hydrogen-bond acceptors (Lipinski definition) is 4. The third-order valence-electron chi connectivity index (χ3n) is 5.66. The summed E-state index contributed by atoms with van der Waals surface area (Å²) in [5, 5.41) is 0.292. The number of carbonyl (C=O) groups is 1. The predicted octanol–water partition coefficient (Wildman–Crippen LogP) is 6.27. The van der Waals surface area contributed by atoms with Crippen LogP contribution in [0.2, 0.25) is 5.02 Å². The minimum atomic E-state index is -4.45. The fraction of sp³-hybridized carbons (Fsp3) is 0.222. The molecule has 1 atom stereocenters. The number of sulfonamides is 1. The zero-order valence-corrected chi connectivity index (χ0v) is 22.0. The van der Waals surface area contributed by atoms with Crippen molar-refractivity contribution in [2.24, 2.45) is 0 Å². The second kappa shape index (κ2) is 12.9. The normalized spacial score (nSPS) is 12.1. The molecule has 0 saturated heterocycles. The topological polar surface area (TPSA) is 75.7 Å². The smallest absolute Gasteiger partial charge is 0.264 e. The number of hydroxylamine groups is 1. The molecule has 0 radical (unpaired) electrons. The zero-order chi connectivity index (χ0) is 27.9. The molecule has 6 nitrogen and oxygen atoms in total. The quantitative estimate of drug-likeness (QED) is 0.159. The zero-order valence-electron chi connectivity index (χ0n) is 20.5. The van der Waals surface area contributed by atoms with E-state index in [1.165, 1.54) is 49.4 Å². The van der Waals surface area contributed by atoms with Crippen molar-refractivity contribution in [3.8, 4) is 0 Å². The number of nitrogens with zero attached hydrogens (tertiary/aromatic N) is 1. The molecular weight excluding hydrogens is 541 g/mol. The standard InChI is InChI=1S/C27H26ClF3N2O4S/c1-3-15-37-32-27(34)6-4-5-19-16-21(29)9-13-24(19)18(2)33(26-17-22(30)10-14-25(26)31)38(35,36)23-11-7-20(28)8-12-23/h3,7-14,16-18H,1,4-6,15H2,2H3,(H,32,34)/t18-/m1/s1. The van der Waals surface area contributed by atoms with Crippen molar-refractivity contribution < 1.29 is 31.2 Å². The number of halogens is 4. The number of amides is 1.